The molecule has 1 aliphatic rings. The van der Waals surface area contributed by atoms with Crippen LogP contribution in [-0.4, -0.2) is 19.8 Å². The van der Waals surface area contributed by atoms with E-state index in [0.717, 1.165) is 13.0 Å². The van der Waals surface area contributed by atoms with Crippen LogP contribution >= 0.6 is 0 Å². The van der Waals surface area contributed by atoms with Crippen molar-refractivity contribution in [1.82, 2.24) is 0 Å². The quantitative estimate of drug-likeness (QED) is 0.522. The molecule has 0 aromatic carbocycles. The summed E-state index contributed by atoms with van der Waals surface area (Å²) in [6.07, 6.45) is 2.68. The van der Waals surface area contributed by atoms with E-state index in [-0.39, 0.29) is 7.12 Å². The molecule has 0 amide bonds. The van der Waals surface area contributed by atoms with E-state index in [1.54, 1.807) is 0 Å². The number of rotatable bonds is 2. The first-order chi connectivity index (χ1) is 4.33. The Morgan fingerprint density at radius 3 is 2.89 bits per heavy atom. The highest BCUT2D eigenvalue weighted by atomic mass is 16.6. The molecule has 52 valence electrons. The average molecular weight is 128 g/mol. The molecule has 0 aliphatic carbocycles. The minimum absolute atomic E-state index is 0.0292. The molecule has 1 saturated heterocycles. The highest BCUT2D eigenvalue weighted by Gasteiger charge is 2.25. The van der Waals surface area contributed by atoms with Crippen molar-refractivity contribution >= 4 is 7.12 Å². The lowest BCUT2D eigenvalue weighted by atomic mass is 9.97. The molecule has 3 heteroatoms. The first-order valence-corrected chi connectivity index (χ1v) is 3.60. The van der Waals surface area contributed by atoms with E-state index in [1.807, 2.05) is 6.82 Å². The predicted molar refractivity (Wildman–Crippen MR) is 37.4 cm³/mol. The minimum Gasteiger partial charge on any atom is -0.409 e. The normalized spacial score (nSPS) is 27.3. The summed E-state index contributed by atoms with van der Waals surface area (Å²) in [6.45, 7) is 4.89. The van der Waals surface area contributed by atoms with Crippen molar-refractivity contribution in [1.29, 1.82) is 0 Å². The molecule has 0 saturated carbocycles. The van der Waals surface area contributed by atoms with Gasteiger partial charge in [0.25, 0.3) is 0 Å². The maximum Gasteiger partial charge on any atom is 0.453 e. The van der Waals surface area contributed by atoms with E-state index in [2.05, 4.69) is 6.92 Å². The van der Waals surface area contributed by atoms with Crippen molar-refractivity contribution in [3.63, 3.8) is 0 Å². The second-order valence-corrected chi connectivity index (χ2v) is 2.45. The van der Waals surface area contributed by atoms with Crippen molar-refractivity contribution in [3.05, 3.63) is 0 Å². The van der Waals surface area contributed by atoms with E-state index in [9.17, 15) is 0 Å². The zero-order valence-corrected chi connectivity index (χ0v) is 6.09. The van der Waals surface area contributed by atoms with Crippen LogP contribution in [0.3, 0.4) is 0 Å². The number of hydrogen-bond donors (Lipinski definition) is 0. The van der Waals surface area contributed by atoms with Gasteiger partial charge in [0.15, 0.2) is 0 Å². The van der Waals surface area contributed by atoms with Crippen LogP contribution in [0.1, 0.15) is 19.8 Å². The molecule has 2 nitrogen and oxygen atoms in total. The average Bonchev–Trinajstić information content (AvgIpc) is 2.17. The van der Waals surface area contributed by atoms with Crippen LogP contribution in [0.4, 0.5) is 0 Å². The SMILES string of the molecule is CCCC1COB(C)O1. The molecule has 1 heterocycles. The van der Waals surface area contributed by atoms with Gasteiger partial charge in [-0.1, -0.05) is 13.3 Å². The van der Waals surface area contributed by atoms with Crippen molar-refractivity contribution in [3.8, 4) is 0 Å². The minimum atomic E-state index is 0.0292. The summed E-state index contributed by atoms with van der Waals surface area (Å²) in [5.74, 6) is 0. The fourth-order valence-electron chi connectivity index (χ4n) is 1.07. The Balaban J connectivity index is 2.14. The first-order valence-electron chi connectivity index (χ1n) is 3.60. The smallest absolute Gasteiger partial charge is 0.409 e. The topological polar surface area (TPSA) is 18.5 Å². The number of hydrogen-bond acceptors (Lipinski definition) is 2. The van der Waals surface area contributed by atoms with Crippen LogP contribution in [0.5, 0.6) is 0 Å². The Bertz CT molecular complexity index is 85.1. The van der Waals surface area contributed by atoms with E-state index in [4.69, 9.17) is 9.31 Å². The molecule has 1 aliphatic heterocycles. The summed E-state index contributed by atoms with van der Waals surface area (Å²) >= 11 is 0. The van der Waals surface area contributed by atoms with Crippen LogP contribution in [0, 0.1) is 0 Å². The van der Waals surface area contributed by atoms with Gasteiger partial charge in [0, 0.05) is 0 Å². The van der Waals surface area contributed by atoms with Gasteiger partial charge in [-0.15, -0.1) is 0 Å². The van der Waals surface area contributed by atoms with Gasteiger partial charge < -0.3 is 9.31 Å². The molecule has 1 unspecified atom stereocenters. The fourth-order valence-corrected chi connectivity index (χ4v) is 1.07. The lowest BCUT2D eigenvalue weighted by molar-refractivity contribution is 0.221. The second-order valence-electron chi connectivity index (χ2n) is 2.45. The van der Waals surface area contributed by atoms with E-state index < -0.39 is 0 Å². The van der Waals surface area contributed by atoms with Crippen LogP contribution in [0.2, 0.25) is 6.82 Å². The standard InChI is InChI=1S/C6H13BO2/c1-3-4-6-5-8-7(2)9-6/h6H,3-5H2,1-2H3. The highest BCUT2D eigenvalue weighted by molar-refractivity contribution is 6.43. The summed E-state index contributed by atoms with van der Waals surface area (Å²) in [4.78, 5) is 0. The largest absolute Gasteiger partial charge is 0.453 e. The summed E-state index contributed by atoms with van der Waals surface area (Å²) < 4.78 is 10.6. The molecule has 1 rings (SSSR count). The maximum absolute atomic E-state index is 5.38. The molecular weight excluding hydrogens is 115 g/mol. The van der Waals surface area contributed by atoms with Crippen LogP contribution in [-0.2, 0) is 9.31 Å². The van der Waals surface area contributed by atoms with E-state index in [0.29, 0.717) is 6.10 Å². The third kappa shape index (κ3) is 1.99. The Kier molecular flexibility index (Phi) is 2.55. The molecule has 0 aromatic rings. The summed E-state index contributed by atoms with van der Waals surface area (Å²) in [5.41, 5.74) is 0. The van der Waals surface area contributed by atoms with Gasteiger partial charge >= 0.3 is 7.12 Å². The van der Waals surface area contributed by atoms with Gasteiger partial charge in [-0.3, -0.25) is 0 Å². The van der Waals surface area contributed by atoms with E-state index >= 15 is 0 Å². The maximum atomic E-state index is 5.38. The van der Waals surface area contributed by atoms with Crippen molar-refractivity contribution in [2.45, 2.75) is 32.7 Å². The summed E-state index contributed by atoms with van der Waals surface area (Å²) in [6, 6.07) is 0. The van der Waals surface area contributed by atoms with Gasteiger partial charge in [-0.2, -0.15) is 0 Å². The van der Waals surface area contributed by atoms with Gasteiger partial charge in [-0.25, -0.2) is 0 Å². The zero-order valence-electron chi connectivity index (χ0n) is 6.09. The van der Waals surface area contributed by atoms with Crippen molar-refractivity contribution in [2.75, 3.05) is 6.61 Å². The van der Waals surface area contributed by atoms with Crippen molar-refractivity contribution in [2.24, 2.45) is 0 Å². The Morgan fingerprint density at radius 1 is 1.67 bits per heavy atom. The molecule has 0 radical (unpaired) electrons. The Morgan fingerprint density at radius 2 is 2.44 bits per heavy atom. The molecule has 1 atom stereocenters. The molecule has 0 N–H and O–H groups in total. The van der Waals surface area contributed by atoms with Gasteiger partial charge in [0.2, 0.25) is 0 Å². The second kappa shape index (κ2) is 3.23. The predicted octanol–water partition coefficient (Wildman–Crippen LogP) is 1.32. The lowest BCUT2D eigenvalue weighted by Crippen LogP contribution is -2.11. The molecule has 1 fully saturated rings. The lowest BCUT2D eigenvalue weighted by Gasteiger charge is -2.04. The molecule has 0 aromatic heterocycles. The van der Waals surface area contributed by atoms with Gasteiger partial charge in [0.1, 0.15) is 0 Å². The third-order valence-electron chi connectivity index (χ3n) is 1.51. The van der Waals surface area contributed by atoms with Crippen LogP contribution < -0.4 is 0 Å². The molecule has 0 spiro atoms. The summed E-state index contributed by atoms with van der Waals surface area (Å²) in [7, 11) is 0.0292. The molecule has 0 bridgehead atoms. The first kappa shape index (κ1) is 7.10. The monoisotopic (exact) mass is 128 g/mol. The van der Waals surface area contributed by atoms with Crippen LogP contribution in [0.15, 0.2) is 0 Å². The van der Waals surface area contributed by atoms with Gasteiger partial charge in [-0.05, 0) is 13.2 Å². The molecular formula is C6H13BO2. The van der Waals surface area contributed by atoms with E-state index in [1.165, 1.54) is 6.42 Å². The van der Waals surface area contributed by atoms with Crippen LogP contribution in [0.25, 0.3) is 0 Å². The Hall–Kier alpha value is -0.0151. The summed E-state index contributed by atoms with van der Waals surface area (Å²) in [5, 5.41) is 0. The fraction of sp³-hybridized carbons (Fsp3) is 1.00. The van der Waals surface area contributed by atoms with Crippen molar-refractivity contribution < 1.29 is 9.31 Å². The highest BCUT2D eigenvalue weighted by Crippen LogP contribution is 2.12. The molecule has 9 heavy (non-hydrogen) atoms. The van der Waals surface area contributed by atoms with Gasteiger partial charge in [0.05, 0.1) is 12.7 Å². The Labute approximate surface area is 56.7 Å². The third-order valence-corrected chi connectivity index (χ3v) is 1.51. The zero-order chi connectivity index (χ0) is 6.69.